The molecule has 0 aliphatic rings. The Morgan fingerprint density at radius 2 is 2.12 bits per heavy atom. The summed E-state index contributed by atoms with van der Waals surface area (Å²) < 4.78 is 0. The molecule has 0 spiro atoms. The van der Waals surface area contributed by atoms with Crippen LogP contribution in [0.25, 0.3) is 0 Å². The Hall–Kier alpha value is -1.75. The molecule has 0 saturated heterocycles. The van der Waals surface area contributed by atoms with Crippen molar-refractivity contribution in [2.24, 2.45) is 5.10 Å². The van der Waals surface area contributed by atoms with Crippen molar-refractivity contribution in [1.82, 2.24) is 10.3 Å². The van der Waals surface area contributed by atoms with Crippen LogP contribution in [-0.2, 0) is 11.3 Å². The first-order valence-electron chi connectivity index (χ1n) is 5.19. The minimum Gasteiger partial charge on any atom is -0.357 e. The van der Waals surface area contributed by atoms with E-state index in [9.17, 15) is 4.79 Å². The first-order chi connectivity index (χ1) is 8.09. The fourth-order valence-electron chi connectivity index (χ4n) is 1.11. The van der Waals surface area contributed by atoms with Crippen LogP contribution in [0.3, 0.4) is 0 Å². The number of nitrogens with one attached hydrogen (secondary N) is 1. The molecule has 1 aromatic rings. The number of rotatable bonds is 4. The SMILES string of the molecule is CC(=O)C=NN(C)C(=S)NCc1ccccc1. The van der Waals surface area contributed by atoms with Gasteiger partial charge in [0, 0.05) is 20.5 Å². The van der Waals surface area contributed by atoms with Crippen molar-refractivity contribution in [3.8, 4) is 0 Å². The average molecular weight is 249 g/mol. The molecule has 5 heteroatoms. The highest BCUT2D eigenvalue weighted by Gasteiger charge is 2.01. The van der Waals surface area contributed by atoms with Gasteiger partial charge in [-0.3, -0.25) is 4.79 Å². The zero-order chi connectivity index (χ0) is 12.7. The van der Waals surface area contributed by atoms with E-state index in [0.717, 1.165) is 5.56 Å². The average Bonchev–Trinajstić information content (AvgIpc) is 2.34. The molecule has 0 radical (unpaired) electrons. The minimum atomic E-state index is -0.109. The number of carbonyl (C=O) groups is 1. The summed E-state index contributed by atoms with van der Waals surface area (Å²) in [5, 5.41) is 8.88. The maximum atomic E-state index is 10.7. The van der Waals surface area contributed by atoms with Gasteiger partial charge in [-0.15, -0.1) is 0 Å². The predicted molar refractivity (Wildman–Crippen MR) is 72.8 cm³/mol. The van der Waals surface area contributed by atoms with Crippen LogP contribution in [0.4, 0.5) is 0 Å². The molecule has 0 amide bonds. The summed E-state index contributed by atoms with van der Waals surface area (Å²) >= 11 is 5.12. The van der Waals surface area contributed by atoms with Crippen molar-refractivity contribution in [3.05, 3.63) is 35.9 Å². The second-order valence-corrected chi connectivity index (χ2v) is 3.91. The number of hydrogen-bond donors (Lipinski definition) is 1. The zero-order valence-electron chi connectivity index (χ0n) is 9.88. The maximum Gasteiger partial charge on any atom is 0.189 e. The molecule has 1 aromatic carbocycles. The summed E-state index contributed by atoms with van der Waals surface area (Å²) in [6, 6.07) is 9.92. The Labute approximate surface area is 106 Å². The lowest BCUT2D eigenvalue weighted by atomic mass is 10.2. The molecule has 0 atom stereocenters. The van der Waals surface area contributed by atoms with Crippen LogP contribution < -0.4 is 5.32 Å². The molecular formula is C12H15N3OS. The van der Waals surface area contributed by atoms with Gasteiger partial charge < -0.3 is 5.32 Å². The minimum absolute atomic E-state index is 0.109. The van der Waals surface area contributed by atoms with Crippen LogP contribution in [0.1, 0.15) is 12.5 Å². The number of Topliss-reactive ketones (excluding diaryl/α,β-unsaturated/α-hetero) is 1. The van der Waals surface area contributed by atoms with Gasteiger partial charge in [-0.1, -0.05) is 30.3 Å². The number of benzene rings is 1. The van der Waals surface area contributed by atoms with Gasteiger partial charge in [-0.25, -0.2) is 5.01 Å². The highest BCUT2D eigenvalue weighted by molar-refractivity contribution is 7.80. The summed E-state index contributed by atoms with van der Waals surface area (Å²) in [6.45, 7) is 2.08. The van der Waals surface area contributed by atoms with Gasteiger partial charge in [0.2, 0.25) is 0 Å². The van der Waals surface area contributed by atoms with E-state index in [1.165, 1.54) is 18.1 Å². The van der Waals surface area contributed by atoms with Crippen molar-refractivity contribution in [1.29, 1.82) is 0 Å². The van der Waals surface area contributed by atoms with Crippen LogP contribution in [0, 0.1) is 0 Å². The number of thiocarbonyl (C=S) groups is 1. The van der Waals surface area contributed by atoms with E-state index in [0.29, 0.717) is 11.7 Å². The van der Waals surface area contributed by atoms with Crippen LogP contribution in [0.2, 0.25) is 0 Å². The lowest BCUT2D eigenvalue weighted by Crippen LogP contribution is -2.33. The lowest BCUT2D eigenvalue weighted by Gasteiger charge is -2.15. The largest absolute Gasteiger partial charge is 0.357 e. The van der Waals surface area contributed by atoms with E-state index in [1.807, 2.05) is 30.3 Å². The summed E-state index contributed by atoms with van der Waals surface area (Å²) in [5.74, 6) is -0.109. The molecule has 0 aliphatic carbocycles. The number of carbonyl (C=O) groups excluding carboxylic acids is 1. The van der Waals surface area contributed by atoms with E-state index >= 15 is 0 Å². The molecular weight excluding hydrogens is 234 g/mol. The van der Waals surface area contributed by atoms with Crippen LogP contribution in [-0.4, -0.2) is 29.2 Å². The third-order valence-electron chi connectivity index (χ3n) is 1.99. The topological polar surface area (TPSA) is 44.7 Å². The highest BCUT2D eigenvalue weighted by atomic mass is 32.1. The van der Waals surface area contributed by atoms with Gasteiger partial charge >= 0.3 is 0 Å². The van der Waals surface area contributed by atoms with Gasteiger partial charge in [0.25, 0.3) is 0 Å². The first kappa shape index (κ1) is 13.3. The molecule has 17 heavy (non-hydrogen) atoms. The van der Waals surface area contributed by atoms with E-state index in [2.05, 4.69) is 10.4 Å². The zero-order valence-corrected chi connectivity index (χ0v) is 10.7. The lowest BCUT2D eigenvalue weighted by molar-refractivity contribution is -0.110. The Morgan fingerprint density at radius 1 is 1.47 bits per heavy atom. The van der Waals surface area contributed by atoms with Gasteiger partial charge in [0.05, 0.1) is 6.21 Å². The van der Waals surface area contributed by atoms with Crippen molar-refractivity contribution >= 4 is 29.3 Å². The molecule has 0 fully saturated rings. The Bertz CT molecular complexity index is 417. The molecule has 0 heterocycles. The van der Waals surface area contributed by atoms with Gasteiger partial charge in [-0.2, -0.15) is 5.10 Å². The van der Waals surface area contributed by atoms with Crippen molar-refractivity contribution in [2.75, 3.05) is 7.05 Å². The van der Waals surface area contributed by atoms with Crippen LogP contribution in [0.15, 0.2) is 35.4 Å². The summed E-state index contributed by atoms with van der Waals surface area (Å²) in [5.41, 5.74) is 1.14. The predicted octanol–water partition coefficient (Wildman–Crippen LogP) is 1.57. The Kier molecular flexibility index (Phi) is 5.29. The van der Waals surface area contributed by atoms with E-state index in [1.54, 1.807) is 7.05 Å². The fraction of sp³-hybridized carbons (Fsp3) is 0.250. The van der Waals surface area contributed by atoms with Crippen molar-refractivity contribution in [3.63, 3.8) is 0 Å². The van der Waals surface area contributed by atoms with Crippen molar-refractivity contribution < 1.29 is 4.79 Å². The standard InChI is InChI=1S/C12H15N3OS/c1-10(16)8-14-15(2)12(17)13-9-11-6-4-3-5-7-11/h3-8H,9H2,1-2H3,(H,13,17). The molecule has 90 valence electrons. The Morgan fingerprint density at radius 3 is 2.71 bits per heavy atom. The van der Waals surface area contributed by atoms with Crippen LogP contribution >= 0.6 is 12.2 Å². The number of nitrogens with zero attached hydrogens (tertiary/aromatic N) is 2. The van der Waals surface area contributed by atoms with Gasteiger partial charge in [0.1, 0.15) is 0 Å². The summed E-state index contributed by atoms with van der Waals surface area (Å²) in [4.78, 5) is 10.7. The van der Waals surface area contributed by atoms with E-state index in [-0.39, 0.29) is 5.78 Å². The second-order valence-electron chi connectivity index (χ2n) is 3.52. The summed E-state index contributed by atoms with van der Waals surface area (Å²) in [6.07, 6.45) is 1.23. The van der Waals surface area contributed by atoms with Crippen molar-refractivity contribution in [2.45, 2.75) is 13.5 Å². The van der Waals surface area contributed by atoms with E-state index < -0.39 is 0 Å². The number of hydrazone groups is 1. The third kappa shape index (κ3) is 5.21. The maximum absolute atomic E-state index is 10.7. The fourth-order valence-corrected chi connectivity index (χ4v) is 1.23. The number of ketones is 1. The molecule has 0 aromatic heterocycles. The Balaban J connectivity index is 2.42. The quantitative estimate of drug-likeness (QED) is 0.500. The summed E-state index contributed by atoms with van der Waals surface area (Å²) in [7, 11) is 1.69. The molecule has 0 saturated carbocycles. The molecule has 4 nitrogen and oxygen atoms in total. The normalized spacial score (nSPS) is 10.2. The molecule has 0 unspecified atom stereocenters. The monoisotopic (exact) mass is 249 g/mol. The second kappa shape index (κ2) is 6.75. The number of hydrogen-bond acceptors (Lipinski definition) is 3. The molecule has 1 N–H and O–H groups in total. The first-order valence-corrected chi connectivity index (χ1v) is 5.60. The van der Waals surface area contributed by atoms with Gasteiger partial charge in [0.15, 0.2) is 10.9 Å². The van der Waals surface area contributed by atoms with Crippen LogP contribution in [0.5, 0.6) is 0 Å². The molecule has 0 bridgehead atoms. The van der Waals surface area contributed by atoms with Gasteiger partial charge in [-0.05, 0) is 17.8 Å². The molecule has 0 aliphatic heterocycles. The van der Waals surface area contributed by atoms with E-state index in [4.69, 9.17) is 12.2 Å². The smallest absolute Gasteiger partial charge is 0.189 e. The molecule has 1 rings (SSSR count). The highest BCUT2D eigenvalue weighted by Crippen LogP contribution is 1.98. The third-order valence-corrected chi connectivity index (χ3v) is 2.40.